The van der Waals surface area contributed by atoms with Crippen LogP contribution in [0, 0.1) is 5.41 Å². The van der Waals surface area contributed by atoms with Gasteiger partial charge in [0, 0.05) is 0 Å². The summed E-state index contributed by atoms with van der Waals surface area (Å²) >= 11 is 0. The summed E-state index contributed by atoms with van der Waals surface area (Å²) in [7, 11) is 0. The van der Waals surface area contributed by atoms with Gasteiger partial charge in [-0.05, 0) is 25.2 Å². The molecular weight excluding hydrogens is 150 g/mol. The van der Waals surface area contributed by atoms with Crippen LogP contribution in [-0.4, -0.2) is 5.54 Å². The third-order valence-corrected chi connectivity index (χ3v) is 2.26. The number of hydrogen-bond acceptors (Lipinski definition) is 2. The van der Waals surface area contributed by atoms with Crippen LogP contribution < -0.4 is 5.84 Å². The Morgan fingerprint density at radius 3 is 2.50 bits per heavy atom. The lowest BCUT2D eigenvalue weighted by atomic mass is 9.74. The van der Waals surface area contributed by atoms with Gasteiger partial charge in [-0.1, -0.05) is 31.2 Å². The van der Waals surface area contributed by atoms with Crippen LogP contribution >= 0.6 is 0 Å². The Morgan fingerprint density at radius 1 is 1.33 bits per heavy atom. The van der Waals surface area contributed by atoms with Crippen molar-refractivity contribution in [2.75, 3.05) is 0 Å². The van der Waals surface area contributed by atoms with Gasteiger partial charge in [-0.15, -0.1) is 0 Å². The van der Waals surface area contributed by atoms with E-state index in [9.17, 15) is 0 Å². The zero-order valence-corrected chi connectivity index (χ0v) is 8.04. The maximum Gasteiger partial charge on any atom is 0.0851 e. The van der Waals surface area contributed by atoms with Gasteiger partial charge in [0.25, 0.3) is 0 Å². The van der Waals surface area contributed by atoms with Gasteiger partial charge in [0.15, 0.2) is 0 Å². The number of nitrogens with two attached hydrogens (primary N) is 1. The average molecular weight is 167 g/mol. The van der Waals surface area contributed by atoms with Crippen LogP contribution in [-0.2, 0) is 0 Å². The second-order valence-electron chi connectivity index (χ2n) is 4.48. The number of hydrogen-bond donors (Lipinski definition) is 1. The normalized spacial score (nSPS) is 34.2. The molecule has 1 unspecified atom stereocenters. The zero-order chi connectivity index (χ0) is 9.24. The van der Waals surface area contributed by atoms with Crippen molar-refractivity contribution in [3.8, 4) is 0 Å². The van der Waals surface area contributed by atoms with Crippen molar-refractivity contribution in [2.24, 2.45) is 21.6 Å². The van der Waals surface area contributed by atoms with Crippen LogP contribution in [0.25, 0.3) is 0 Å². The molecule has 1 aliphatic rings. The molecule has 0 heterocycles. The van der Waals surface area contributed by atoms with E-state index >= 15 is 0 Å². The first kappa shape index (κ1) is 9.23. The van der Waals surface area contributed by atoms with Gasteiger partial charge in [-0.2, -0.15) is 5.11 Å². The Morgan fingerprint density at radius 2 is 2.00 bits per heavy atom. The third-order valence-electron chi connectivity index (χ3n) is 2.26. The first-order valence-electron chi connectivity index (χ1n) is 4.27. The summed E-state index contributed by atoms with van der Waals surface area (Å²) in [6, 6.07) is 0. The molecular formula is C9H17N3. The highest BCUT2D eigenvalue weighted by molar-refractivity contribution is 5.08. The summed E-state index contributed by atoms with van der Waals surface area (Å²) in [5, 5.41) is 7.45. The maximum atomic E-state index is 5.07. The van der Waals surface area contributed by atoms with Crippen molar-refractivity contribution in [1.82, 2.24) is 0 Å². The van der Waals surface area contributed by atoms with Crippen molar-refractivity contribution >= 4 is 0 Å². The molecule has 1 aliphatic carbocycles. The predicted octanol–water partition coefficient (Wildman–Crippen LogP) is 2.45. The van der Waals surface area contributed by atoms with E-state index in [-0.39, 0.29) is 11.0 Å². The molecule has 0 aromatic carbocycles. The predicted molar refractivity (Wildman–Crippen MR) is 49.6 cm³/mol. The molecule has 68 valence electrons. The SMILES string of the molecule is CC1(C)C=CCC(C)(N=NN)C1. The minimum atomic E-state index is -0.0903. The Hall–Kier alpha value is -0.860. The lowest BCUT2D eigenvalue weighted by molar-refractivity contribution is 0.278. The number of rotatable bonds is 1. The van der Waals surface area contributed by atoms with Gasteiger partial charge < -0.3 is 5.84 Å². The Balaban J connectivity index is 2.79. The smallest absolute Gasteiger partial charge is 0.0851 e. The third kappa shape index (κ3) is 2.06. The highest BCUT2D eigenvalue weighted by Crippen LogP contribution is 2.38. The first-order valence-corrected chi connectivity index (χ1v) is 4.27. The summed E-state index contributed by atoms with van der Waals surface area (Å²) in [5.74, 6) is 5.07. The minimum Gasteiger partial charge on any atom is -0.305 e. The summed E-state index contributed by atoms with van der Waals surface area (Å²) < 4.78 is 0. The van der Waals surface area contributed by atoms with E-state index in [1.54, 1.807) is 0 Å². The van der Waals surface area contributed by atoms with Crippen molar-refractivity contribution < 1.29 is 0 Å². The van der Waals surface area contributed by atoms with Gasteiger partial charge in [-0.25, -0.2) is 0 Å². The van der Waals surface area contributed by atoms with Gasteiger partial charge in [0.2, 0.25) is 0 Å². The highest BCUT2D eigenvalue weighted by Gasteiger charge is 2.33. The Bertz CT molecular complexity index is 218. The van der Waals surface area contributed by atoms with Crippen LogP contribution in [0.5, 0.6) is 0 Å². The van der Waals surface area contributed by atoms with E-state index < -0.39 is 0 Å². The van der Waals surface area contributed by atoms with E-state index in [0.717, 1.165) is 12.8 Å². The van der Waals surface area contributed by atoms with Crippen LogP contribution in [0.4, 0.5) is 0 Å². The molecule has 0 saturated carbocycles. The van der Waals surface area contributed by atoms with Crippen molar-refractivity contribution in [3.05, 3.63) is 12.2 Å². The largest absolute Gasteiger partial charge is 0.305 e. The van der Waals surface area contributed by atoms with Crippen LogP contribution in [0.3, 0.4) is 0 Å². The summed E-state index contributed by atoms with van der Waals surface area (Å²) in [5.41, 5.74) is 0.133. The van der Waals surface area contributed by atoms with Gasteiger partial charge in [0.05, 0.1) is 5.54 Å². The summed E-state index contributed by atoms with van der Waals surface area (Å²) in [6.07, 6.45) is 6.35. The van der Waals surface area contributed by atoms with Gasteiger partial charge >= 0.3 is 0 Å². The lowest BCUT2D eigenvalue weighted by Crippen LogP contribution is -2.31. The average Bonchev–Trinajstić information content (AvgIpc) is 1.83. The highest BCUT2D eigenvalue weighted by atomic mass is 15.3. The molecule has 0 fully saturated rings. The Labute approximate surface area is 73.7 Å². The van der Waals surface area contributed by atoms with Gasteiger partial charge in [-0.3, -0.25) is 0 Å². The fourth-order valence-electron chi connectivity index (χ4n) is 1.96. The molecule has 0 radical (unpaired) electrons. The topological polar surface area (TPSA) is 50.7 Å². The van der Waals surface area contributed by atoms with Crippen LogP contribution in [0.15, 0.2) is 22.5 Å². The molecule has 0 aromatic heterocycles. The minimum absolute atomic E-state index is 0.0903. The molecule has 0 amide bonds. The Kier molecular flexibility index (Phi) is 2.22. The van der Waals surface area contributed by atoms with Crippen molar-refractivity contribution in [3.63, 3.8) is 0 Å². The molecule has 1 rings (SSSR count). The molecule has 3 nitrogen and oxygen atoms in total. The standard InChI is InChI=1S/C9H17N3/c1-8(2)5-4-6-9(3,7-8)11-12-10/h4-5H,6-7H2,1-3H3,(H2,10,11). The van der Waals surface area contributed by atoms with E-state index in [4.69, 9.17) is 5.84 Å². The lowest BCUT2D eigenvalue weighted by Gasteiger charge is -2.34. The van der Waals surface area contributed by atoms with Crippen molar-refractivity contribution in [1.29, 1.82) is 0 Å². The summed E-state index contributed by atoms with van der Waals surface area (Å²) in [6.45, 7) is 6.49. The fourth-order valence-corrected chi connectivity index (χ4v) is 1.96. The van der Waals surface area contributed by atoms with E-state index in [1.165, 1.54) is 0 Å². The number of nitrogens with zero attached hydrogens (tertiary/aromatic N) is 2. The first-order chi connectivity index (χ1) is 5.47. The molecule has 0 bridgehead atoms. The van der Waals surface area contributed by atoms with Crippen LogP contribution in [0.2, 0.25) is 0 Å². The molecule has 0 spiro atoms. The van der Waals surface area contributed by atoms with Crippen LogP contribution in [0.1, 0.15) is 33.6 Å². The fraction of sp³-hybridized carbons (Fsp3) is 0.778. The molecule has 0 aromatic rings. The van der Waals surface area contributed by atoms with Crippen molar-refractivity contribution in [2.45, 2.75) is 39.2 Å². The number of allylic oxidation sites excluding steroid dienone is 1. The zero-order valence-electron chi connectivity index (χ0n) is 8.04. The molecule has 2 N–H and O–H groups in total. The monoisotopic (exact) mass is 167 g/mol. The molecule has 3 heteroatoms. The maximum absolute atomic E-state index is 5.07. The molecule has 12 heavy (non-hydrogen) atoms. The van der Waals surface area contributed by atoms with E-state index in [1.807, 2.05) is 0 Å². The van der Waals surface area contributed by atoms with E-state index in [2.05, 4.69) is 43.3 Å². The molecule has 1 atom stereocenters. The van der Waals surface area contributed by atoms with Gasteiger partial charge in [0.1, 0.15) is 0 Å². The second kappa shape index (κ2) is 2.88. The van der Waals surface area contributed by atoms with E-state index in [0.29, 0.717) is 0 Å². The molecule has 0 aliphatic heterocycles. The summed E-state index contributed by atoms with van der Waals surface area (Å²) in [4.78, 5) is 0. The quantitative estimate of drug-likeness (QED) is 0.277. The molecule has 0 saturated heterocycles. The second-order valence-corrected chi connectivity index (χ2v) is 4.48.